The molecule has 8 heteroatoms. The quantitative estimate of drug-likeness (QED) is 0.489. The van der Waals surface area contributed by atoms with Gasteiger partial charge in [-0.05, 0) is 75.6 Å². The van der Waals surface area contributed by atoms with E-state index in [4.69, 9.17) is 14.0 Å². The fourth-order valence-electron chi connectivity index (χ4n) is 3.94. The second-order valence-electron chi connectivity index (χ2n) is 8.44. The zero-order chi connectivity index (χ0) is 24.1. The Morgan fingerprint density at radius 2 is 1.88 bits per heavy atom. The van der Waals surface area contributed by atoms with Crippen LogP contribution in [0.25, 0.3) is 0 Å². The van der Waals surface area contributed by atoms with Gasteiger partial charge in [-0.3, -0.25) is 4.79 Å². The number of aryl methyl sites for hydroxylation is 3. The monoisotopic (exact) mass is 463 g/mol. The summed E-state index contributed by atoms with van der Waals surface area (Å²) in [6.45, 7) is 7.64. The molecule has 1 fully saturated rings. The van der Waals surface area contributed by atoms with Gasteiger partial charge in [-0.2, -0.15) is 0 Å². The van der Waals surface area contributed by atoms with Gasteiger partial charge < -0.3 is 24.2 Å². The SMILES string of the molecule is Cc1cc(N2CCCC2)ccc1NC(=O)COC(=O)c1cccc(OCc2c(C)noc2C)c1. The van der Waals surface area contributed by atoms with Crippen LogP contribution >= 0.6 is 0 Å². The number of rotatable bonds is 8. The Bertz CT molecular complexity index is 1160. The molecule has 1 aromatic heterocycles. The maximum atomic E-state index is 12.5. The predicted molar refractivity (Wildman–Crippen MR) is 128 cm³/mol. The highest BCUT2D eigenvalue weighted by atomic mass is 16.5. The first-order chi connectivity index (χ1) is 16.4. The molecule has 4 rings (SSSR count). The van der Waals surface area contributed by atoms with E-state index in [-0.39, 0.29) is 13.2 Å². The fourth-order valence-corrected chi connectivity index (χ4v) is 3.94. The van der Waals surface area contributed by atoms with Gasteiger partial charge in [-0.15, -0.1) is 0 Å². The van der Waals surface area contributed by atoms with Crippen LogP contribution in [-0.2, 0) is 16.1 Å². The van der Waals surface area contributed by atoms with Crippen molar-refractivity contribution in [3.8, 4) is 5.75 Å². The van der Waals surface area contributed by atoms with Crippen molar-refractivity contribution >= 4 is 23.3 Å². The summed E-state index contributed by atoms with van der Waals surface area (Å²) >= 11 is 0. The van der Waals surface area contributed by atoms with Gasteiger partial charge in [-0.25, -0.2) is 4.79 Å². The highest BCUT2D eigenvalue weighted by Crippen LogP contribution is 2.25. The number of aromatic nitrogens is 1. The molecule has 3 aromatic rings. The van der Waals surface area contributed by atoms with E-state index in [1.165, 1.54) is 12.8 Å². The topological polar surface area (TPSA) is 93.9 Å². The zero-order valence-electron chi connectivity index (χ0n) is 19.7. The van der Waals surface area contributed by atoms with Crippen molar-refractivity contribution in [3.63, 3.8) is 0 Å². The lowest BCUT2D eigenvalue weighted by Gasteiger charge is -2.19. The molecule has 2 heterocycles. The van der Waals surface area contributed by atoms with Crippen molar-refractivity contribution in [1.82, 2.24) is 5.16 Å². The van der Waals surface area contributed by atoms with Crippen LogP contribution in [0, 0.1) is 20.8 Å². The average molecular weight is 464 g/mol. The molecule has 2 aromatic carbocycles. The van der Waals surface area contributed by atoms with E-state index >= 15 is 0 Å². The van der Waals surface area contributed by atoms with Crippen LogP contribution in [0.1, 0.15) is 45.8 Å². The van der Waals surface area contributed by atoms with E-state index in [2.05, 4.69) is 21.4 Å². The Kier molecular flexibility index (Phi) is 7.15. The molecule has 1 aliphatic rings. The summed E-state index contributed by atoms with van der Waals surface area (Å²) in [7, 11) is 0. The Balaban J connectivity index is 1.29. The van der Waals surface area contributed by atoms with Crippen LogP contribution in [0.3, 0.4) is 0 Å². The van der Waals surface area contributed by atoms with Gasteiger partial charge in [-0.1, -0.05) is 11.2 Å². The van der Waals surface area contributed by atoms with E-state index in [9.17, 15) is 9.59 Å². The number of nitrogens with one attached hydrogen (secondary N) is 1. The van der Waals surface area contributed by atoms with Crippen LogP contribution in [0.15, 0.2) is 47.0 Å². The number of anilines is 2. The number of hydrogen-bond acceptors (Lipinski definition) is 7. The van der Waals surface area contributed by atoms with Crippen LogP contribution < -0.4 is 15.0 Å². The van der Waals surface area contributed by atoms with Gasteiger partial charge in [0.15, 0.2) is 6.61 Å². The largest absolute Gasteiger partial charge is 0.489 e. The number of benzene rings is 2. The van der Waals surface area contributed by atoms with E-state index < -0.39 is 11.9 Å². The molecule has 0 atom stereocenters. The standard InChI is InChI=1S/C26H29N3O5/c1-17-13-21(29-11-4-5-12-29)9-10-24(17)27-25(30)16-33-26(31)20-7-6-8-22(14-20)32-15-23-18(2)28-34-19(23)3/h6-10,13-14H,4-5,11-12,15-16H2,1-3H3,(H,27,30). The van der Waals surface area contributed by atoms with Gasteiger partial charge in [0.25, 0.3) is 5.91 Å². The van der Waals surface area contributed by atoms with Gasteiger partial charge in [0.1, 0.15) is 18.1 Å². The number of esters is 1. The molecule has 1 N–H and O–H groups in total. The van der Waals surface area contributed by atoms with Gasteiger partial charge in [0, 0.05) is 24.5 Å². The summed E-state index contributed by atoms with van der Waals surface area (Å²) in [5, 5.41) is 6.72. The van der Waals surface area contributed by atoms with Crippen molar-refractivity contribution < 1.29 is 23.6 Å². The molecule has 0 spiro atoms. The Hall–Kier alpha value is -3.81. The molecule has 0 unspecified atom stereocenters. The molecule has 0 saturated carbocycles. The van der Waals surface area contributed by atoms with Gasteiger partial charge in [0.2, 0.25) is 0 Å². The number of carbonyl (C=O) groups is 2. The lowest BCUT2D eigenvalue weighted by atomic mass is 10.1. The minimum absolute atomic E-state index is 0.276. The summed E-state index contributed by atoms with van der Waals surface area (Å²) in [5.41, 5.74) is 4.77. The number of amides is 1. The maximum Gasteiger partial charge on any atom is 0.338 e. The van der Waals surface area contributed by atoms with E-state index in [1.807, 2.05) is 32.9 Å². The molecule has 0 radical (unpaired) electrons. The van der Waals surface area contributed by atoms with Crippen molar-refractivity contribution in [2.75, 3.05) is 29.9 Å². The Morgan fingerprint density at radius 3 is 2.59 bits per heavy atom. The third kappa shape index (κ3) is 5.57. The zero-order valence-corrected chi connectivity index (χ0v) is 19.7. The van der Waals surface area contributed by atoms with Crippen molar-refractivity contribution in [2.45, 2.75) is 40.2 Å². The third-order valence-corrected chi connectivity index (χ3v) is 5.92. The predicted octanol–water partition coefficient (Wildman–Crippen LogP) is 4.57. The molecule has 1 amide bonds. The molecule has 1 aliphatic heterocycles. The van der Waals surface area contributed by atoms with Crippen molar-refractivity contribution in [3.05, 3.63) is 70.6 Å². The second kappa shape index (κ2) is 10.4. The molecule has 0 aliphatic carbocycles. The van der Waals surface area contributed by atoms with Crippen LogP contribution in [0.4, 0.5) is 11.4 Å². The van der Waals surface area contributed by atoms with Gasteiger partial charge in [0.05, 0.1) is 16.8 Å². The fraction of sp³-hybridized carbons (Fsp3) is 0.346. The third-order valence-electron chi connectivity index (χ3n) is 5.92. The molecule has 8 nitrogen and oxygen atoms in total. The second-order valence-corrected chi connectivity index (χ2v) is 8.44. The Morgan fingerprint density at radius 1 is 1.09 bits per heavy atom. The molecular weight excluding hydrogens is 434 g/mol. The van der Waals surface area contributed by atoms with E-state index in [1.54, 1.807) is 24.3 Å². The maximum absolute atomic E-state index is 12.5. The van der Waals surface area contributed by atoms with Crippen molar-refractivity contribution in [2.24, 2.45) is 0 Å². The first-order valence-corrected chi connectivity index (χ1v) is 11.4. The lowest BCUT2D eigenvalue weighted by molar-refractivity contribution is -0.119. The van der Waals surface area contributed by atoms with Crippen molar-refractivity contribution in [1.29, 1.82) is 0 Å². The highest BCUT2D eigenvalue weighted by Gasteiger charge is 2.16. The molecule has 0 bridgehead atoms. The highest BCUT2D eigenvalue weighted by molar-refractivity contribution is 5.96. The molecular formula is C26H29N3O5. The molecule has 1 saturated heterocycles. The number of hydrogen-bond donors (Lipinski definition) is 1. The average Bonchev–Trinajstić information content (AvgIpc) is 3.48. The lowest BCUT2D eigenvalue weighted by Crippen LogP contribution is -2.22. The van der Waals surface area contributed by atoms with Crippen LogP contribution in [0.2, 0.25) is 0 Å². The van der Waals surface area contributed by atoms with Crippen LogP contribution in [-0.4, -0.2) is 36.7 Å². The summed E-state index contributed by atoms with van der Waals surface area (Å²) < 4.78 is 16.1. The number of nitrogens with zero attached hydrogens (tertiary/aromatic N) is 2. The first kappa shape index (κ1) is 23.4. The summed E-state index contributed by atoms with van der Waals surface area (Å²) in [6.07, 6.45) is 2.41. The normalized spacial score (nSPS) is 13.1. The number of carbonyl (C=O) groups excluding carboxylic acids is 2. The summed E-state index contributed by atoms with van der Waals surface area (Å²) in [6, 6.07) is 12.6. The Labute approximate surface area is 198 Å². The molecule has 34 heavy (non-hydrogen) atoms. The summed E-state index contributed by atoms with van der Waals surface area (Å²) in [4.78, 5) is 27.2. The first-order valence-electron chi connectivity index (χ1n) is 11.4. The number of ether oxygens (including phenoxy) is 2. The van der Waals surface area contributed by atoms with E-state index in [0.29, 0.717) is 22.8 Å². The van der Waals surface area contributed by atoms with Gasteiger partial charge >= 0.3 is 5.97 Å². The smallest absolute Gasteiger partial charge is 0.338 e. The summed E-state index contributed by atoms with van der Waals surface area (Å²) in [5.74, 6) is 0.211. The van der Waals surface area contributed by atoms with Crippen LogP contribution in [0.5, 0.6) is 5.75 Å². The van der Waals surface area contributed by atoms with E-state index in [0.717, 1.165) is 35.6 Å². The minimum atomic E-state index is -0.598. The molecule has 178 valence electrons. The minimum Gasteiger partial charge on any atom is -0.489 e.